The van der Waals surface area contributed by atoms with E-state index in [9.17, 15) is 9.36 Å². The van der Waals surface area contributed by atoms with Crippen LogP contribution in [0.25, 0.3) is 0 Å². The Morgan fingerprint density at radius 1 is 1.35 bits per heavy atom. The highest BCUT2D eigenvalue weighted by Gasteiger charge is 2.34. The molecule has 0 saturated carbocycles. The van der Waals surface area contributed by atoms with Gasteiger partial charge in [-0.1, -0.05) is 20.4 Å². The van der Waals surface area contributed by atoms with Crippen molar-refractivity contribution in [2.45, 2.75) is 39.2 Å². The molecule has 0 aromatic heterocycles. The number of esters is 1. The normalized spacial score (nSPS) is 12.3. The molecule has 0 aliphatic rings. The fourth-order valence-corrected chi connectivity index (χ4v) is 1.52. The van der Waals surface area contributed by atoms with Gasteiger partial charge in [0.25, 0.3) is 0 Å². The molecule has 0 atom stereocenters. The Bertz CT molecular complexity index is 328. The van der Waals surface area contributed by atoms with Gasteiger partial charge >= 0.3 is 13.8 Å². The summed E-state index contributed by atoms with van der Waals surface area (Å²) < 4.78 is 20.2. The quantitative estimate of drug-likeness (QED) is 0.414. The molecule has 17 heavy (non-hydrogen) atoms. The second kappa shape index (κ2) is 6.31. The van der Waals surface area contributed by atoms with Crippen LogP contribution in [0, 0.1) is 0 Å². The Morgan fingerprint density at radius 3 is 2.12 bits per heavy atom. The Labute approximate surface area is 101 Å². The summed E-state index contributed by atoms with van der Waals surface area (Å²) in [6.07, 6.45) is 0.783. The highest BCUT2D eigenvalue weighted by molar-refractivity contribution is 7.46. The van der Waals surface area contributed by atoms with Crippen LogP contribution in [0.4, 0.5) is 0 Å². The van der Waals surface area contributed by atoms with Gasteiger partial charge < -0.3 is 14.5 Å². The van der Waals surface area contributed by atoms with Crippen molar-refractivity contribution in [2.24, 2.45) is 0 Å². The highest BCUT2D eigenvalue weighted by Crippen LogP contribution is 2.38. The van der Waals surface area contributed by atoms with Crippen LogP contribution in [-0.4, -0.2) is 28.0 Å². The molecule has 0 spiro atoms. The van der Waals surface area contributed by atoms with Gasteiger partial charge in [-0.25, -0.2) is 9.36 Å². The summed E-state index contributed by atoms with van der Waals surface area (Å²) >= 11 is 0. The third kappa shape index (κ3) is 5.98. The Kier molecular flexibility index (Phi) is 6.05. The first-order valence-electron chi connectivity index (χ1n) is 5.24. The molecule has 0 rings (SSSR count). The van der Waals surface area contributed by atoms with Crippen molar-refractivity contribution in [2.75, 3.05) is 6.61 Å². The van der Waals surface area contributed by atoms with Crippen molar-refractivity contribution < 1.29 is 28.4 Å². The lowest BCUT2D eigenvalue weighted by Crippen LogP contribution is -2.38. The van der Waals surface area contributed by atoms with Crippen LogP contribution in [0.5, 0.6) is 0 Å². The topological polar surface area (TPSA) is 93.1 Å². The standard InChI is InChI=1S/C10H19O6P/c1-5-10(6-2,7-15-17(12,13)14)16-9(11)8(3)4/h3,5-7H2,1-2,4H3,(H2,12,13,14). The predicted molar refractivity (Wildman–Crippen MR) is 62.2 cm³/mol. The molecule has 7 heteroatoms. The van der Waals surface area contributed by atoms with E-state index in [0.717, 1.165) is 0 Å². The maximum atomic E-state index is 11.4. The molecular formula is C10H19O6P. The van der Waals surface area contributed by atoms with E-state index in [2.05, 4.69) is 11.1 Å². The molecule has 0 fully saturated rings. The average Bonchev–Trinajstić information content (AvgIpc) is 2.22. The summed E-state index contributed by atoms with van der Waals surface area (Å²) in [5.41, 5.74) is -0.801. The van der Waals surface area contributed by atoms with Crippen LogP contribution in [0.15, 0.2) is 12.2 Å². The molecule has 0 saturated heterocycles. The molecule has 0 aromatic carbocycles. The average molecular weight is 266 g/mol. The fourth-order valence-electron chi connectivity index (χ4n) is 1.11. The lowest BCUT2D eigenvalue weighted by atomic mass is 9.98. The molecular weight excluding hydrogens is 247 g/mol. The van der Waals surface area contributed by atoms with Gasteiger partial charge in [0.05, 0.1) is 6.61 Å². The molecule has 0 aliphatic heterocycles. The molecule has 0 amide bonds. The van der Waals surface area contributed by atoms with Crippen molar-refractivity contribution in [1.82, 2.24) is 0 Å². The van der Waals surface area contributed by atoms with Crippen molar-refractivity contribution in [1.29, 1.82) is 0 Å². The Morgan fingerprint density at radius 2 is 1.82 bits per heavy atom. The van der Waals surface area contributed by atoms with Crippen molar-refractivity contribution in [3.8, 4) is 0 Å². The molecule has 0 aliphatic carbocycles. The zero-order chi connectivity index (χ0) is 13.7. The summed E-state index contributed by atoms with van der Waals surface area (Å²) in [6.45, 7) is 8.10. The van der Waals surface area contributed by atoms with Gasteiger partial charge in [-0.2, -0.15) is 0 Å². The third-order valence-electron chi connectivity index (χ3n) is 2.44. The second-order valence-corrected chi connectivity index (χ2v) is 5.06. The first-order chi connectivity index (χ1) is 7.66. The number of ether oxygens (including phenoxy) is 1. The van der Waals surface area contributed by atoms with Gasteiger partial charge in [0.1, 0.15) is 5.60 Å². The molecule has 0 unspecified atom stereocenters. The number of hydrogen-bond donors (Lipinski definition) is 2. The summed E-state index contributed by atoms with van der Waals surface area (Å²) in [4.78, 5) is 28.7. The number of phosphoric acid groups is 1. The van der Waals surface area contributed by atoms with E-state index in [1.165, 1.54) is 6.92 Å². The molecule has 0 bridgehead atoms. The van der Waals surface area contributed by atoms with Gasteiger partial charge in [-0.15, -0.1) is 0 Å². The molecule has 0 heterocycles. The lowest BCUT2D eigenvalue weighted by molar-refractivity contribution is -0.160. The minimum atomic E-state index is -4.57. The maximum Gasteiger partial charge on any atom is 0.469 e. The van der Waals surface area contributed by atoms with Gasteiger partial charge in [-0.05, 0) is 19.8 Å². The Balaban J connectivity index is 4.73. The summed E-state index contributed by atoms with van der Waals surface area (Å²) in [5.74, 6) is -0.594. The van der Waals surface area contributed by atoms with Crippen LogP contribution in [0.3, 0.4) is 0 Å². The van der Waals surface area contributed by atoms with Crippen molar-refractivity contribution in [3.05, 3.63) is 12.2 Å². The third-order valence-corrected chi connectivity index (χ3v) is 2.91. The molecule has 6 nitrogen and oxygen atoms in total. The minimum absolute atomic E-state index is 0.229. The molecule has 0 aromatic rings. The van der Waals surface area contributed by atoms with E-state index < -0.39 is 19.4 Å². The zero-order valence-corrected chi connectivity index (χ0v) is 11.2. The van der Waals surface area contributed by atoms with Crippen molar-refractivity contribution >= 4 is 13.8 Å². The van der Waals surface area contributed by atoms with Crippen LogP contribution >= 0.6 is 7.82 Å². The van der Waals surface area contributed by atoms with Crippen LogP contribution in [0.1, 0.15) is 33.6 Å². The maximum absolute atomic E-state index is 11.4. The fraction of sp³-hybridized carbons (Fsp3) is 0.700. The van der Waals surface area contributed by atoms with Gasteiger partial charge in [0.2, 0.25) is 0 Å². The first-order valence-corrected chi connectivity index (χ1v) is 6.77. The summed E-state index contributed by atoms with van der Waals surface area (Å²) in [5, 5.41) is 0. The largest absolute Gasteiger partial charge is 0.469 e. The molecule has 2 N–H and O–H groups in total. The van der Waals surface area contributed by atoms with Gasteiger partial charge in [0, 0.05) is 5.57 Å². The van der Waals surface area contributed by atoms with E-state index in [4.69, 9.17) is 14.5 Å². The van der Waals surface area contributed by atoms with Crippen LogP contribution in [-0.2, 0) is 18.6 Å². The number of carbonyl (C=O) groups is 1. The van der Waals surface area contributed by atoms with Crippen molar-refractivity contribution in [3.63, 3.8) is 0 Å². The lowest BCUT2D eigenvalue weighted by Gasteiger charge is -2.31. The van der Waals surface area contributed by atoms with Crippen LogP contribution in [0.2, 0.25) is 0 Å². The minimum Gasteiger partial charge on any atom is -0.453 e. The van der Waals surface area contributed by atoms with E-state index in [1.807, 2.05) is 0 Å². The number of rotatable bonds is 7. The predicted octanol–water partition coefficient (Wildman–Crippen LogP) is 1.77. The Hall–Kier alpha value is -0.680. The van der Waals surface area contributed by atoms with Gasteiger partial charge in [0.15, 0.2) is 0 Å². The first kappa shape index (κ1) is 16.3. The number of carbonyl (C=O) groups excluding carboxylic acids is 1. The van der Waals surface area contributed by atoms with E-state index >= 15 is 0 Å². The van der Waals surface area contributed by atoms with Gasteiger partial charge in [-0.3, -0.25) is 4.52 Å². The molecule has 100 valence electrons. The number of hydrogen-bond acceptors (Lipinski definition) is 4. The summed E-state index contributed by atoms with van der Waals surface area (Å²) in [7, 11) is -4.57. The number of phosphoric ester groups is 1. The molecule has 0 radical (unpaired) electrons. The SMILES string of the molecule is C=C(C)C(=O)OC(CC)(CC)COP(=O)(O)O. The summed E-state index contributed by atoms with van der Waals surface area (Å²) in [6, 6.07) is 0. The second-order valence-electron chi connectivity index (χ2n) is 3.82. The highest BCUT2D eigenvalue weighted by atomic mass is 31.2. The van der Waals surface area contributed by atoms with E-state index in [-0.39, 0.29) is 12.2 Å². The zero-order valence-electron chi connectivity index (χ0n) is 10.3. The monoisotopic (exact) mass is 266 g/mol. The van der Waals surface area contributed by atoms with Crippen LogP contribution < -0.4 is 0 Å². The van der Waals surface area contributed by atoms with E-state index in [0.29, 0.717) is 12.8 Å². The smallest absolute Gasteiger partial charge is 0.453 e. The van der Waals surface area contributed by atoms with E-state index in [1.54, 1.807) is 13.8 Å².